The summed E-state index contributed by atoms with van der Waals surface area (Å²) in [5, 5.41) is 30.8. The van der Waals surface area contributed by atoms with Crippen molar-refractivity contribution in [1.29, 1.82) is 0 Å². The van der Waals surface area contributed by atoms with Gasteiger partial charge in [0.25, 0.3) is 10.1 Å². The van der Waals surface area contributed by atoms with Crippen LogP contribution in [0.5, 0.6) is 0 Å². The molecule has 13 heteroatoms. The number of rotatable bonds is 36. The minimum absolute atomic E-state index is 0.142. The van der Waals surface area contributed by atoms with Gasteiger partial charge in [-0.2, -0.15) is 8.42 Å². The number of hydrogen-bond acceptors (Lipinski definition) is 11. The lowest BCUT2D eigenvalue weighted by atomic mass is 10.00. The molecule has 4 N–H and O–H groups in total. The van der Waals surface area contributed by atoms with Crippen LogP contribution in [0.3, 0.4) is 0 Å². The molecule has 0 bridgehead atoms. The van der Waals surface area contributed by atoms with Crippen LogP contribution in [0.1, 0.15) is 174 Å². The second-order valence-corrected chi connectivity index (χ2v) is 16.9. The Bertz CT molecular complexity index is 1200. The van der Waals surface area contributed by atoms with Crippen molar-refractivity contribution < 1.29 is 56.8 Å². The highest BCUT2D eigenvalue weighted by molar-refractivity contribution is 7.85. The highest BCUT2D eigenvalue weighted by Gasteiger charge is 2.46. The summed E-state index contributed by atoms with van der Waals surface area (Å²) in [6, 6.07) is 0. The first-order valence-corrected chi connectivity index (χ1v) is 23.7. The quantitative estimate of drug-likeness (QED) is 0.0204. The summed E-state index contributed by atoms with van der Waals surface area (Å²) in [5.41, 5.74) is 0. The third-order valence-electron chi connectivity index (χ3n) is 10.0. The van der Waals surface area contributed by atoms with Crippen molar-refractivity contribution in [2.24, 2.45) is 0 Å². The molecule has 0 aromatic rings. The van der Waals surface area contributed by atoms with Crippen LogP contribution in [-0.2, 0) is 38.7 Å². The Labute approximate surface area is 344 Å². The molecule has 1 fully saturated rings. The number of aliphatic hydroxyl groups excluding tert-OH is 3. The number of carbonyl (C=O) groups excluding carboxylic acids is 2. The Kier molecular flexibility index (Phi) is 32.2. The Balaban J connectivity index is 2.45. The fourth-order valence-electron chi connectivity index (χ4n) is 6.62. The smallest absolute Gasteiger partial charge is 0.306 e. The van der Waals surface area contributed by atoms with E-state index in [0.717, 1.165) is 57.8 Å². The molecule has 0 amide bonds. The predicted molar refractivity (Wildman–Crippen MR) is 224 cm³/mol. The van der Waals surface area contributed by atoms with E-state index in [1.807, 2.05) is 24.3 Å². The van der Waals surface area contributed by atoms with Gasteiger partial charge in [0, 0.05) is 12.8 Å². The van der Waals surface area contributed by atoms with Crippen LogP contribution in [-0.4, -0.2) is 96.0 Å². The Morgan fingerprint density at radius 3 is 1.63 bits per heavy atom. The lowest BCUT2D eigenvalue weighted by Gasteiger charge is -2.40. The number of allylic oxidation sites excluding steroid dienone is 6. The van der Waals surface area contributed by atoms with Gasteiger partial charge in [-0.15, -0.1) is 0 Å². The monoisotopic (exact) mass is 831 g/mol. The average Bonchev–Trinajstić information content (AvgIpc) is 3.17. The van der Waals surface area contributed by atoms with Crippen LogP contribution in [0, 0.1) is 0 Å². The lowest BCUT2D eigenvalue weighted by Crippen LogP contribution is -2.60. The maximum atomic E-state index is 12.8. The summed E-state index contributed by atoms with van der Waals surface area (Å²) in [6.45, 7) is 3.61. The van der Waals surface area contributed by atoms with Crippen molar-refractivity contribution in [2.75, 3.05) is 19.0 Å². The van der Waals surface area contributed by atoms with Gasteiger partial charge in [0.2, 0.25) is 0 Å². The molecular weight excluding hydrogens is 753 g/mol. The third-order valence-corrected chi connectivity index (χ3v) is 10.8. The minimum Gasteiger partial charge on any atom is -0.462 e. The standard InChI is InChI=1S/C44H78O12S/c1-3-5-7-9-11-13-15-17-18-19-21-22-24-26-28-30-32-39(45)53-34-37(35-54-44-43(49)42(48)41(47)38(56-44)36-57(50,51)52)55-40(46)33-31-29-27-25-23-20-16-14-12-10-8-6-4-2/h6,8,10,12,14,16,37-38,41-44,47-49H,3-5,7,9,11,13,15,17-36H2,1-2H3,(H,50,51,52)/b8-6+,12-10+,16-14+/t37?,38-,41-,42?,43?,44+/m1/s1. The van der Waals surface area contributed by atoms with E-state index in [-0.39, 0.29) is 19.4 Å². The van der Waals surface area contributed by atoms with E-state index in [4.69, 9.17) is 18.9 Å². The number of unbranched alkanes of at least 4 members (excludes halogenated alkanes) is 20. The van der Waals surface area contributed by atoms with Gasteiger partial charge >= 0.3 is 11.9 Å². The number of esters is 2. The number of aliphatic hydroxyl groups is 3. The first-order chi connectivity index (χ1) is 27.5. The number of ether oxygens (including phenoxy) is 4. The summed E-state index contributed by atoms with van der Waals surface area (Å²) in [4.78, 5) is 25.4. The molecule has 0 aromatic heterocycles. The molecule has 3 unspecified atom stereocenters. The van der Waals surface area contributed by atoms with Gasteiger partial charge in [0.15, 0.2) is 12.4 Å². The summed E-state index contributed by atoms with van der Waals surface area (Å²) in [6.07, 6.45) is 29.1. The van der Waals surface area contributed by atoms with Crippen LogP contribution in [0.2, 0.25) is 0 Å². The van der Waals surface area contributed by atoms with Crippen molar-refractivity contribution in [3.63, 3.8) is 0 Å². The van der Waals surface area contributed by atoms with Gasteiger partial charge in [0.05, 0.1) is 6.61 Å². The van der Waals surface area contributed by atoms with Crippen LogP contribution in [0.15, 0.2) is 36.5 Å². The van der Waals surface area contributed by atoms with Crippen molar-refractivity contribution in [2.45, 2.75) is 211 Å². The SMILES string of the molecule is CC/C=C/C=C/C=C/CCCCCCCC(=O)OC(COC(=O)CCCCCCCCCCCCCCCCCC)CO[C@H]1O[C@H](CS(=O)(=O)O)[C@@H](O)C(O)C1O. The molecule has 332 valence electrons. The molecular formula is C44H78O12S. The van der Waals surface area contributed by atoms with E-state index in [1.165, 1.54) is 77.0 Å². The predicted octanol–water partition coefficient (Wildman–Crippen LogP) is 8.61. The lowest BCUT2D eigenvalue weighted by molar-refractivity contribution is -0.297. The topological polar surface area (TPSA) is 186 Å². The molecule has 1 saturated heterocycles. The molecule has 0 aromatic carbocycles. The Morgan fingerprint density at radius 1 is 0.614 bits per heavy atom. The molecule has 57 heavy (non-hydrogen) atoms. The summed E-state index contributed by atoms with van der Waals surface area (Å²) >= 11 is 0. The molecule has 6 atom stereocenters. The normalized spacial score (nSPS) is 20.8. The van der Waals surface area contributed by atoms with E-state index in [9.17, 15) is 37.9 Å². The molecule has 0 spiro atoms. The van der Waals surface area contributed by atoms with Gasteiger partial charge in [-0.25, -0.2) is 0 Å². The largest absolute Gasteiger partial charge is 0.462 e. The summed E-state index contributed by atoms with van der Waals surface area (Å²) in [7, 11) is -4.60. The molecule has 1 rings (SSSR count). The zero-order chi connectivity index (χ0) is 42.0. The zero-order valence-electron chi connectivity index (χ0n) is 35.2. The Morgan fingerprint density at radius 2 is 1.11 bits per heavy atom. The van der Waals surface area contributed by atoms with E-state index < -0.39 is 71.2 Å². The summed E-state index contributed by atoms with van der Waals surface area (Å²) in [5.74, 6) is -2.01. The van der Waals surface area contributed by atoms with Gasteiger partial charge in [-0.3, -0.25) is 14.1 Å². The maximum absolute atomic E-state index is 12.8. The van der Waals surface area contributed by atoms with Crippen molar-refractivity contribution in [1.82, 2.24) is 0 Å². The van der Waals surface area contributed by atoms with E-state index in [0.29, 0.717) is 12.8 Å². The van der Waals surface area contributed by atoms with E-state index in [1.54, 1.807) is 0 Å². The van der Waals surface area contributed by atoms with Crippen LogP contribution < -0.4 is 0 Å². The van der Waals surface area contributed by atoms with Gasteiger partial charge < -0.3 is 34.3 Å². The second-order valence-electron chi connectivity index (χ2n) is 15.4. The average molecular weight is 831 g/mol. The highest BCUT2D eigenvalue weighted by Crippen LogP contribution is 2.24. The third kappa shape index (κ3) is 29.7. The van der Waals surface area contributed by atoms with E-state index >= 15 is 0 Å². The molecule has 12 nitrogen and oxygen atoms in total. The number of carbonyl (C=O) groups is 2. The van der Waals surface area contributed by atoms with Gasteiger partial charge in [-0.05, 0) is 32.1 Å². The van der Waals surface area contributed by atoms with Crippen LogP contribution in [0.4, 0.5) is 0 Å². The fraction of sp³-hybridized carbons (Fsp3) is 0.818. The van der Waals surface area contributed by atoms with Crippen molar-refractivity contribution >= 4 is 22.1 Å². The van der Waals surface area contributed by atoms with Crippen molar-refractivity contribution in [3.8, 4) is 0 Å². The molecule has 1 heterocycles. The molecule has 0 aliphatic carbocycles. The Hall–Kier alpha value is -2.13. The second kappa shape index (κ2) is 34.7. The van der Waals surface area contributed by atoms with Crippen LogP contribution >= 0.6 is 0 Å². The molecule has 0 saturated carbocycles. The van der Waals surface area contributed by atoms with Gasteiger partial charge in [-0.1, -0.05) is 166 Å². The fourth-order valence-corrected chi connectivity index (χ4v) is 7.31. The number of hydrogen-bond donors (Lipinski definition) is 4. The first-order valence-electron chi connectivity index (χ1n) is 22.1. The summed E-state index contributed by atoms with van der Waals surface area (Å²) < 4.78 is 54.0. The maximum Gasteiger partial charge on any atom is 0.306 e. The van der Waals surface area contributed by atoms with Gasteiger partial charge in [0.1, 0.15) is 36.8 Å². The zero-order valence-corrected chi connectivity index (χ0v) is 36.0. The van der Waals surface area contributed by atoms with Crippen molar-refractivity contribution in [3.05, 3.63) is 36.5 Å². The minimum atomic E-state index is -4.60. The van der Waals surface area contributed by atoms with Crippen LogP contribution in [0.25, 0.3) is 0 Å². The first kappa shape index (κ1) is 52.9. The van der Waals surface area contributed by atoms with E-state index in [2.05, 4.69) is 26.0 Å². The molecule has 1 aliphatic heterocycles. The highest BCUT2D eigenvalue weighted by atomic mass is 32.2. The molecule has 1 aliphatic rings. The molecule has 0 radical (unpaired) electrons.